The number of halogens is 1. The van der Waals surface area contributed by atoms with Crippen molar-refractivity contribution in [2.75, 3.05) is 6.61 Å². The molecule has 0 heterocycles. The number of hydrogen-bond donors (Lipinski definition) is 1. The number of hydrogen-bond acceptors (Lipinski definition) is 2. The van der Waals surface area contributed by atoms with E-state index in [1.807, 2.05) is 0 Å². The van der Waals surface area contributed by atoms with E-state index in [1.54, 1.807) is 0 Å². The van der Waals surface area contributed by atoms with Gasteiger partial charge in [-0.05, 0) is 37.0 Å². The zero-order valence-electron chi connectivity index (χ0n) is 7.98. The maximum atomic E-state index is 12.8. The third-order valence-corrected chi connectivity index (χ3v) is 2.96. The standard InChI is InChI=1S/C10H11FO3S/c11-8-3-4-9(10(5-8)15(12)13)14-6-7-1-2-7/h3-5,7H,1-2,6H2,(H,12,13). The molecule has 0 aromatic heterocycles. The first-order valence-corrected chi connectivity index (χ1v) is 5.80. The molecule has 82 valence electrons. The van der Waals surface area contributed by atoms with E-state index in [0.717, 1.165) is 18.9 Å². The van der Waals surface area contributed by atoms with E-state index in [2.05, 4.69) is 0 Å². The molecule has 1 fully saturated rings. The van der Waals surface area contributed by atoms with Gasteiger partial charge < -0.3 is 9.29 Å². The molecular weight excluding hydrogens is 219 g/mol. The van der Waals surface area contributed by atoms with Crippen molar-refractivity contribution in [2.45, 2.75) is 17.7 Å². The summed E-state index contributed by atoms with van der Waals surface area (Å²) in [6, 6.07) is 3.64. The van der Waals surface area contributed by atoms with Gasteiger partial charge in [-0.25, -0.2) is 8.60 Å². The molecule has 1 N–H and O–H groups in total. The van der Waals surface area contributed by atoms with Crippen molar-refractivity contribution >= 4 is 11.1 Å². The highest BCUT2D eigenvalue weighted by atomic mass is 32.2. The van der Waals surface area contributed by atoms with Crippen LogP contribution >= 0.6 is 0 Å². The van der Waals surface area contributed by atoms with Gasteiger partial charge in [-0.15, -0.1) is 0 Å². The molecule has 2 rings (SSSR count). The van der Waals surface area contributed by atoms with Crippen LogP contribution in [-0.4, -0.2) is 15.4 Å². The van der Waals surface area contributed by atoms with Crippen molar-refractivity contribution in [3.63, 3.8) is 0 Å². The van der Waals surface area contributed by atoms with Crippen LogP contribution < -0.4 is 4.74 Å². The average molecular weight is 230 g/mol. The van der Waals surface area contributed by atoms with E-state index in [1.165, 1.54) is 12.1 Å². The summed E-state index contributed by atoms with van der Waals surface area (Å²) in [5.41, 5.74) is 0. The molecule has 5 heteroatoms. The lowest BCUT2D eigenvalue weighted by atomic mass is 10.3. The molecule has 0 saturated heterocycles. The van der Waals surface area contributed by atoms with Crippen LogP contribution in [0.5, 0.6) is 5.75 Å². The average Bonchev–Trinajstić information content (AvgIpc) is 2.99. The molecule has 1 saturated carbocycles. The van der Waals surface area contributed by atoms with Gasteiger partial charge in [0, 0.05) is 0 Å². The molecule has 1 aromatic rings. The van der Waals surface area contributed by atoms with Gasteiger partial charge in [0.25, 0.3) is 0 Å². The van der Waals surface area contributed by atoms with Crippen molar-refractivity contribution in [1.29, 1.82) is 0 Å². The lowest BCUT2D eigenvalue weighted by Crippen LogP contribution is -2.03. The Labute approximate surface area is 89.5 Å². The van der Waals surface area contributed by atoms with Crippen LogP contribution in [0.2, 0.25) is 0 Å². The summed E-state index contributed by atoms with van der Waals surface area (Å²) >= 11 is -2.21. The SMILES string of the molecule is O=S(O)c1cc(F)ccc1OCC1CC1. The third kappa shape index (κ3) is 2.76. The van der Waals surface area contributed by atoms with Crippen LogP contribution in [0.1, 0.15) is 12.8 Å². The summed E-state index contributed by atoms with van der Waals surface area (Å²) in [5, 5.41) is 0. The number of benzene rings is 1. The monoisotopic (exact) mass is 230 g/mol. The molecule has 0 aliphatic heterocycles. The van der Waals surface area contributed by atoms with Gasteiger partial charge in [0.15, 0.2) is 11.1 Å². The summed E-state index contributed by atoms with van der Waals surface area (Å²) in [4.78, 5) is -0.00403. The summed E-state index contributed by atoms with van der Waals surface area (Å²) < 4.78 is 38.0. The molecule has 0 radical (unpaired) electrons. The van der Waals surface area contributed by atoms with Gasteiger partial charge in [-0.2, -0.15) is 0 Å². The van der Waals surface area contributed by atoms with E-state index in [9.17, 15) is 8.60 Å². The molecule has 0 bridgehead atoms. The Kier molecular flexibility index (Phi) is 3.02. The molecule has 0 spiro atoms. The quantitative estimate of drug-likeness (QED) is 0.806. The second-order valence-corrected chi connectivity index (χ2v) is 4.53. The topological polar surface area (TPSA) is 46.5 Å². The highest BCUT2D eigenvalue weighted by Gasteiger charge is 2.22. The van der Waals surface area contributed by atoms with Crippen molar-refractivity contribution in [3.8, 4) is 5.75 Å². The first-order chi connectivity index (χ1) is 7.16. The molecule has 1 aliphatic carbocycles. The lowest BCUT2D eigenvalue weighted by Gasteiger charge is -2.08. The van der Waals surface area contributed by atoms with Crippen LogP contribution in [0, 0.1) is 11.7 Å². The van der Waals surface area contributed by atoms with Gasteiger partial charge >= 0.3 is 0 Å². The van der Waals surface area contributed by atoms with Crippen LogP contribution in [0.15, 0.2) is 23.1 Å². The molecule has 0 amide bonds. The Balaban J connectivity index is 2.15. The minimum Gasteiger partial charge on any atom is -0.492 e. The molecule has 1 unspecified atom stereocenters. The first kappa shape index (κ1) is 10.6. The third-order valence-electron chi connectivity index (χ3n) is 2.27. The predicted octanol–water partition coefficient (Wildman–Crippen LogP) is 2.20. The smallest absolute Gasteiger partial charge is 0.190 e. The zero-order valence-corrected chi connectivity index (χ0v) is 8.80. The van der Waals surface area contributed by atoms with Crippen LogP contribution in [0.25, 0.3) is 0 Å². The minimum atomic E-state index is -2.21. The molecule has 1 atom stereocenters. The Morgan fingerprint density at radius 3 is 2.87 bits per heavy atom. The minimum absolute atomic E-state index is 0.00403. The second kappa shape index (κ2) is 4.28. The molecule has 1 aliphatic rings. The maximum absolute atomic E-state index is 12.8. The maximum Gasteiger partial charge on any atom is 0.190 e. The zero-order chi connectivity index (χ0) is 10.8. The second-order valence-electron chi connectivity index (χ2n) is 3.59. The molecule has 1 aromatic carbocycles. The Bertz CT molecular complexity index is 390. The highest BCUT2D eigenvalue weighted by molar-refractivity contribution is 7.79. The first-order valence-electron chi connectivity index (χ1n) is 4.70. The van der Waals surface area contributed by atoms with Gasteiger partial charge in [-0.1, -0.05) is 0 Å². The molecule has 15 heavy (non-hydrogen) atoms. The van der Waals surface area contributed by atoms with E-state index < -0.39 is 16.9 Å². The summed E-state index contributed by atoms with van der Waals surface area (Å²) in [7, 11) is 0. The predicted molar refractivity (Wildman–Crippen MR) is 53.7 cm³/mol. The normalized spacial score (nSPS) is 17.5. The number of ether oxygens (including phenoxy) is 1. The van der Waals surface area contributed by atoms with Gasteiger partial charge in [0.1, 0.15) is 16.5 Å². The molecule has 3 nitrogen and oxygen atoms in total. The molecular formula is C10H11FO3S. The van der Waals surface area contributed by atoms with Gasteiger partial charge in [0.05, 0.1) is 6.61 Å². The van der Waals surface area contributed by atoms with Crippen molar-refractivity contribution in [3.05, 3.63) is 24.0 Å². The van der Waals surface area contributed by atoms with E-state index >= 15 is 0 Å². The van der Waals surface area contributed by atoms with E-state index in [4.69, 9.17) is 9.29 Å². The van der Waals surface area contributed by atoms with Gasteiger partial charge in [0.2, 0.25) is 0 Å². The van der Waals surface area contributed by atoms with Crippen LogP contribution in [0.4, 0.5) is 4.39 Å². The van der Waals surface area contributed by atoms with Crippen molar-refractivity contribution < 1.29 is 17.9 Å². The Morgan fingerprint density at radius 2 is 2.27 bits per heavy atom. The fourth-order valence-corrected chi connectivity index (χ4v) is 1.74. The van der Waals surface area contributed by atoms with E-state index in [0.29, 0.717) is 18.3 Å². The Morgan fingerprint density at radius 1 is 1.53 bits per heavy atom. The van der Waals surface area contributed by atoms with Gasteiger partial charge in [-0.3, -0.25) is 0 Å². The van der Waals surface area contributed by atoms with Crippen LogP contribution in [-0.2, 0) is 11.1 Å². The lowest BCUT2D eigenvalue weighted by molar-refractivity contribution is 0.291. The number of rotatable bonds is 4. The highest BCUT2D eigenvalue weighted by Crippen LogP contribution is 2.31. The Hall–Kier alpha value is -0.940. The van der Waals surface area contributed by atoms with Crippen molar-refractivity contribution in [1.82, 2.24) is 0 Å². The fraction of sp³-hybridized carbons (Fsp3) is 0.400. The van der Waals surface area contributed by atoms with Crippen LogP contribution in [0.3, 0.4) is 0 Å². The summed E-state index contributed by atoms with van der Waals surface area (Å²) in [6.45, 7) is 0.538. The summed E-state index contributed by atoms with van der Waals surface area (Å²) in [6.07, 6.45) is 2.28. The largest absolute Gasteiger partial charge is 0.492 e. The summed E-state index contributed by atoms with van der Waals surface area (Å²) in [5.74, 6) is 0.310. The van der Waals surface area contributed by atoms with Crippen molar-refractivity contribution in [2.24, 2.45) is 5.92 Å². The van der Waals surface area contributed by atoms with E-state index in [-0.39, 0.29) is 4.90 Å². The fourth-order valence-electron chi connectivity index (χ4n) is 1.23.